The minimum atomic E-state index is -0.777. The van der Waals surface area contributed by atoms with Crippen molar-refractivity contribution in [2.45, 2.75) is 12.5 Å². The summed E-state index contributed by atoms with van der Waals surface area (Å²) in [5, 5.41) is 3.20. The van der Waals surface area contributed by atoms with Gasteiger partial charge in [-0.2, -0.15) is 0 Å². The molecule has 0 amide bonds. The molecule has 2 aromatic rings. The highest BCUT2D eigenvalue weighted by Crippen LogP contribution is 2.33. The third-order valence-corrected chi connectivity index (χ3v) is 3.73. The normalized spacial score (nSPS) is 19.1. The van der Waals surface area contributed by atoms with E-state index in [1.54, 1.807) is 0 Å². The van der Waals surface area contributed by atoms with Gasteiger partial charge < -0.3 is 10.1 Å². The Balaban J connectivity index is 1.91. The van der Waals surface area contributed by atoms with Gasteiger partial charge >= 0.3 is 0 Å². The van der Waals surface area contributed by atoms with E-state index < -0.39 is 23.6 Å². The number of nitrogens with one attached hydrogen (secondary N) is 1. The van der Waals surface area contributed by atoms with Gasteiger partial charge in [-0.1, -0.05) is 0 Å². The van der Waals surface area contributed by atoms with E-state index in [1.807, 2.05) is 0 Å². The average molecular weight is 308 g/mol. The molecule has 2 atom stereocenters. The van der Waals surface area contributed by atoms with Crippen molar-refractivity contribution >= 4 is 0 Å². The molecule has 1 aromatic heterocycles. The Morgan fingerprint density at radius 3 is 2.68 bits per heavy atom. The lowest BCUT2D eigenvalue weighted by Gasteiger charge is -2.24. The first-order chi connectivity index (χ1) is 10.6. The van der Waals surface area contributed by atoms with Crippen molar-refractivity contribution in [2.75, 3.05) is 13.1 Å². The first-order valence-corrected chi connectivity index (χ1v) is 7.06. The van der Waals surface area contributed by atoms with Crippen molar-refractivity contribution in [1.29, 1.82) is 0 Å². The van der Waals surface area contributed by atoms with Crippen LogP contribution in [-0.2, 0) is 0 Å². The van der Waals surface area contributed by atoms with Crippen LogP contribution in [-0.4, -0.2) is 18.1 Å². The molecule has 0 radical (unpaired) electrons. The number of hydrogen-bond donors (Lipinski definition) is 1. The van der Waals surface area contributed by atoms with Crippen LogP contribution in [0.3, 0.4) is 0 Å². The molecule has 0 spiro atoms. The maximum Gasteiger partial charge on any atom is 0.168 e. The molecule has 1 aliphatic heterocycles. The van der Waals surface area contributed by atoms with Crippen LogP contribution in [0.5, 0.6) is 5.75 Å². The Kier molecular flexibility index (Phi) is 4.29. The van der Waals surface area contributed by atoms with Gasteiger partial charge in [-0.05, 0) is 31.2 Å². The Morgan fingerprint density at radius 2 is 2.00 bits per heavy atom. The fourth-order valence-corrected chi connectivity index (χ4v) is 2.66. The van der Waals surface area contributed by atoms with Crippen LogP contribution in [0.2, 0.25) is 0 Å². The highest BCUT2D eigenvalue weighted by molar-refractivity contribution is 5.27. The van der Waals surface area contributed by atoms with Crippen molar-refractivity contribution in [1.82, 2.24) is 10.3 Å². The number of pyridine rings is 1. The monoisotopic (exact) mass is 308 g/mol. The van der Waals surface area contributed by atoms with Gasteiger partial charge in [0, 0.05) is 30.3 Å². The van der Waals surface area contributed by atoms with Gasteiger partial charge in [-0.25, -0.2) is 13.2 Å². The summed E-state index contributed by atoms with van der Waals surface area (Å²) in [5.41, 5.74) is 0.539. The molecule has 1 N–H and O–H groups in total. The lowest BCUT2D eigenvalue weighted by Crippen LogP contribution is -2.22. The number of ether oxygens (including phenoxy) is 1. The zero-order valence-electron chi connectivity index (χ0n) is 11.7. The molecule has 116 valence electrons. The van der Waals surface area contributed by atoms with E-state index in [0.29, 0.717) is 12.1 Å². The molecule has 1 aliphatic rings. The van der Waals surface area contributed by atoms with E-state index >= 15 is 0 Å². The van der Waals surface area contributed by atoms with Gasteiger partial charge in [0.05, 0.1) is 6.20 Å². The SMILES string of the molecule is Fc1cncc([C@@H](Oc2ccc(F)cc2F)C2CCNC2)c1. The van der Waals surface area contributed by atoms with E-state index in [0.717, 1.165) is 31.3 Å². The molecule has 2 heterocycles. The van der Waals surface area contributed by atoms with Crippen LogP contribution in [0.15, 0.2) is 36.7 Å². The summed E-state index contributed by atoms with van der Waals surface area (Å²) >= 11 is 0. The minimum Gasteiger partial charge on any atom is -0.482 e. The smallest absolute Gasteiger partial charge is 0.168 e. The van der Waals surface area contributed by atoms with Gasteiger partial charge in [-0.15, -0.1) is 0 Å². The number of rotatable bonds is 4. The molecule has 1 saturated heterocycles. The number of halogens is 3. The van der Waals surface area contributed by atoms with Crippen LogP contribution in [0.4, 0.5) is 13.2 Å². The summed E-state index contributed by atoms with van der Waals surface area (Å²) in [6.45, 7) is 1.50. The van der Waals surface area contributed by atoms with Gasteiger partial charge in [0.1, 0.15) is 17.7 Å². The zero-order chi connectivity index (χ0) is 15.5. The van der Waals surface area contributed by atoms with Crippen LogP contribution < -0.4 is 10.1 Å². The maximum absolute atomic E-state index is 13.8. The first-order valence-electron chi connectivity index (χ1n) is 7.06. The fraction of sp³-hybridized carbons (Fsp3) is 0.312. The van der Waals surface area contributed by atoms with Crippen molar-refractivity contribution in [3.63, 3.8) is 0 Å². The van der Waals surface area contributed by atoms with Crippen molar-refractivity contribution in [2.24, 2.45) is 5.92 Å². The van der Waals surface area contributed by atoms with Crippen molar-refractivity contribution in [3.8, 4) is 5.75 Å². The molecule has 1 aromatic carbocycles. The molecule has 1 fully saturated rings. The molecular formula is C16H15F3N2O. The van der Waals surface area contributed by atoms with Gasteiger partial charge in [-0.3, -0.25) is 4.98 Å². The van der Waals surface area contributed by atoms with E-state index in [2.05, 4.69) is 10.3 Å². The van der Waals surface area contributed by atoms with Crippen LogP contribution >= 0.6 is 0 Å². The van der Waals surface area contributed by atoms with E-state index in [1.165, 1.54) is 18.3 Å². The average Bonchev–Trinajstić information content (AvgIpc) is 3.00. The summed E-state index contributed by atoms with van der Waals surface area (Å²) < 4.78 is 46.0. The highest BCUT2D eigenvalue weighted by atomic mass is 19.1. The van der Waals surface area contributed by atoms with Crippen molar-refractivity contribution < 1.29 is 17.9 Å². The molecule has 3 nitrogen and oxygen atoms in total. The fourth-order valence-electron chi connectivity index (χ4n) is 2.66. The molecule has 0 bridgehead atoms. The van der Waals surface area contributed by atoms with Crippen LogP contribution in [0.25, 0.3) is 0 Å². The lowest BCUT2D eigenvalue weighted by molar-refractivity contribution is 0.137. The summed E-state index contributed by atoms with van der Waals surface area (Å²) in [6.07, 6.45) is 2.89. The highest BCUT2D eigenvalue weighted by Gasteiger charge is 2.29. The Morgan fingerprint density at radius 1 is 1.14 bits per heavy atom. The molecule has 6 heteroatoms. The van der Waals surface area contributed by atoms with Gasteiger partial charge in [0.15, 0.2) is 11.6 Å². The summed E-state index contributed by atoms with van der Waals surface area (Å²) in [7, 11) is 0. The Hall–Kier alpha value is -2.08. The Labute approximate surface area is 126 Å². The third kappa shape index (κ3) is 3.22. The maximum atomic E-state index is 13.8. The standard InChI is InChI=1S/C16H15F3N2O/c17-12-1-2-15(14(19)6-12)22-16(10-3-4-20-7-10)11-5-13(18)9-21-8-11/h1-2,5-6,8-10,16,20H,3-4,7H2/t10?,16-/m0/s1. The minimum absolute atomic E-state index is 0.0532. The van der Waals surface area contributed by atoms with Gasteiger partial charge in [0.25, 0.3) is 0 Å². The third-order valence-electron chi connectivity index (χ3n) is 3.73. The first kappa shape index (κ1) is 14.8. The predicted molar refractivity (Wildman–Crippen MR) is 74.9 cm³/mol. The number of hydrogen-bond acceptors (Lipinski definition) is 3. The number of benzene rings is 1. The topological polar surface area (TPSA) is 34.1 Å². The molecule has 0 aliphatic carbocycles. The largest absolute Gasteiger partial charge is 0.482 e. The molecule has 0 saturated carbocycles. The Bertz CT molecular complexity index is 660. The number of aromatic nitrogens is 1. The second-order valence-corrected chi connectivity index (χ2v) is 5.30. The zero-order valence-corrected chi connectivity index (χ0v) is 11.7. The van der Waals surface area contributed by atoms with E-state index in [-0.39, 0.29) is 11.7 Å². The van der Waals surface area contributed by atoms with Crippen molar-refractivity contribution in [3.05, 3.63) is 59.7 Å². The summed E-state index contributed by atoms with van der Waals surface area (Å²) in [4.78, 5) is 3.83. The van der Waals surface area contributed by atoms with E-state index in [4.69, 9.17) is 4.74 Å². The lowest BCUT2D eigenvalue weighted by atomic mass is 9.96. The van der Waals surface area contributed by atoms with E-state index in [9.17, 15) is 13.2 Å². The molecule has 1 unspecified atom stereocenters. The second kappa shape index (κ2) is 6.36. The predicted octanol–water partition coefficient (Wildman–Crippen LogP) is 3.23. The molecule has 22 heavy (non-hydrogen) atoms. The van der Waals surface area contributed by atoms with Crippen LogP contribution in [0, 0.1) is 23.4 Å². The van der Waals surface area contributed by atoms with Gasteiger partial charge in [0.2, 0.25) is 0 Å². The molecule has 3 rings (SSSR count). The quantitative estimate of drug-likeness (QED) is 0.941. The number of nitrogens with zero attached hydrogens (tertiary/aromatic N) is 1. The summed E-state index contributed by atoms with van der Waals surface area (Å²) in [6, 6.07) is 4.47. The molecular weight excluding hydrogens is 293 g/mol. The summed E-state index contributed by atoms with van der Waals surface area (Å²) in [5.74, 6) is -1.91. The van der Waals surface area contributed by atoms with Crippen LogP contribution in [0.1, 0.15) is 18.1 Å². The second-order valence-electron chi connectivity index (χ2n) is 5.30.